The number of hydrogen-bond donors (Lipinski definition) is 0. The summed E-state index contributed by atoms with van der Waals surface area (Å²) in [4.78, 5) is 2.39. The molecular formula is C52H33NO2. The third-order valence-corrected chi connectivity index (χ3v) is 10.9. The van der Waals surface area contributed by atoms with Crippen molar-refractivity contribution in [2.75, 3.05) is 4.90 Å². The molecule has 55 heavy (non-hydrogen) atoms. The summed E-state index contributed by atoms with van der Waals surface area (Å²) >= 11 is 0. The van der Waals surface area contributed by atoms with E-state index in [-0.39, 0.29) is 0 Å². The van der Waals surface area contributed by atoms with E-state index in [2.05, 4.69) is 193 Å². The van der Waals surface area contributed by atoms with Crippen molar-refractivity contribution in [3.63, 3.8) is 0 Å². The highest BCUT2D eigenvalue weighted by atomic mass is 16.3. The van der Waals surface area contributed by atoms with E-state index >= 15 is 0 Å². The fraction of sp³-hybridized carbons (Fsp3) is 0. The maximum absolute atomic E-state index is 6.56. The second-order valence-electron chi connectivity index (χ2n) is 14.0. The van der Waals surface area contributed by atoms with E-state index in [0.29, 0.717) is 0 Å². The Bertz CT molecular complexity index is 3190. The van der Waals surface area contributed by atoms with Crippen molar-refractivity contribution in [2.45, 2.75) is 0 Å². The number of rotatable bonds is 6. The van der Waals surface area contributed by atoms with Gasteiger partial charge in [0.15, 0.2) is 0 Å². The van der Waals surface area contributed by atoms with Crippen LogP contribution in [0.1, 0.15) is 0 Å². The van der Waals surface area contributed by atoms with E-state index in [4.69, 9.17) is 8.83 Å². The molecule has 0 fully saturated rings. The van der Waals surface area contributed by atoms with Crippen LogP contribution in [-0.4, -0.2) is 0 Å². The largest absolute Gasteiger partial charge is 0.456 e. The van der Waals surface area contributed by atoms with Gasteiger partial charge in [0.1, 0.15) is 22.3 Å². The molecule has 0 aliphatic carbocycles. The first-order valence-corrected chi connectivity index (χ1v) is 18.7. The SMILES string of the molecule is c1ccc(-c2ccc(N(c3cccc(-c4cccc5oc6ccc7c8ccccc8oc7c6c45)c3)c3ccc(-c4ccccc4)c4ccccc34)cc2)cc1. The average molecular weight is 704 g/mol. The van der Waals surface area contributed by atoms with Crippen LogP contribution in [0.15, 0.2) is 209 Å². The number of hydrogen-bond acceptors (Lipinski definition) is 3. The Morgan fingerprint density at radius 3 is 1.76 bits per heavy atom. The zero-order valence-electron chi connectivity index (χ0n) is 29.8. The second kappa shape index (κ2) is 12.6. The number of anilines is 3. The zero-order valence-corrected chi connectivity index (χ0v) is 29.8. The van der Waals surface area contributed by atoms with Crippen molar-refractivity contribution in [2.24, 2.45) is 0 Å². The number of furan rings is 2. The lowest BCUT2D eigenvalue weighted by atomic mass is 9.95. The van der Waals surface area contributed by atoms with Gasteiger partial charge in [0.25, 0.3) is 0 Å². The molecule has 2 aromatic heterocycles. The average Bonchev–Trinajstić information content (AvgIpc) is 3.83. The van der Waals surface area contributed by atoms with Crippen LogP contribution < -0.4 is 4.90 Å². The Morgan fingerprint density at radius 1 is 0.309 bits per heavy atom. The van der Waals surface area contributed by atoms with Gasteiger partial charge in [-0.3, -0.25) is 0 Å². The van der Waals surface area contributed by atoms with Crippen LogP contribution in [0.3, 0.4) is 0 Å². The van der Waals surface area contributed by atoms with Gasteiger partial charge in [-0.05, 0) is 93.4 Å². The topological polar surface area (TPSA) is 29.5 Å². The Labute approximate surface area is 317 Å². The summed E-state index contributed by atoms with van der Waals surface area (Å²) in [6.45, 7) is 0. The van der Waals surface area contributed by atoms with E-state index in [1.807, 2.05) is 12.1 Å². The molecule has 0 N–H and O–H groups in total. The molecule has 0 saturated carbocycles. The van der Waals surface area contributed by atoms with Gasteiger partial charge in [-0.25, -0.2) is 0 Å². The van der Waals surface area contributed by atoms with E-state index in [1.54, 1.807) is 0 Å². The van der Waals surface area contributed by atoms with Crippen molar-refractivity contribution in [1.82, 2.24) is 0 Å². The van der Waals surface area contributed by atoms with E-state index in [9.17, 15) is 0 Å². The summed E-state index contributed by atoms with van der Waals surface area (Å²) in [6.07, 6.45) is 0. The van der Waals surface area contributed by atoms with Crippen LogP contribution in [0.2, 0.25) is 0 Å². The summed E-state index contributed by atoms with van der Waals surface area (Å²) in [5, 5.41) is 6.63. The lowest BCUT2D eigenvalue weighted by Gasteiger charge is -2.28. The molecule has 0 aliphatic rings. The third kappa shape index (κ3) is 5.13. The van der Waals surface area contributed by atoms with Crippen LogP contribution in [0.4, 0.5) is 17.1 Å². The molecule has 0 amide bonds. The van der Waals surface area contributed by atoms with Gasteiger partial charge < -0.3 is 13.7 Å². The highest BCUT2D eigenvalue weighted by Gasteiger charge is 2.21. The van der Waals surface area contributed by atoms with Crippen LogP contribution in [0.5, 0.6) is 0 Å². The summed E-state index contributed by atoms with van der Waals surface area (Å²) in [5.41, 5.74) is 13.6. The molecular weight excluding hydrogens is 671 g/mol. The Hall–Kier alpha value is -7.36. The molecule has 0 bridgehead atoms. The Morgan fingerprint density at radius 2 is 0.945 bits per heavy atom. The molecule has 0 atom stereocenters. The van der Waals surface area contributed by atoms with Crippen molar-refractivity contribution in [3.8, 4) is 33.4 Å². The molecule has 11 rings (SSSR count). The number of benzene rings is 9. The molecule has 0 saturated heterocycles. The predicted molar refractivity (Wildman–Crippen MR) is 229 cm³/mol. The Kier molecular flexibility index (Phi) is 7.17. The molecule has 11 aromatic rings. The third-order valence-electron chi connectivity index (χ3n) is 10.9. The maximum atomic E-state index is 6.56. The van der Waals surface area contributed by atoms with Gasteiger partial charge in [0.05, 0.1) is 11.1 Å². The minimum Gasteiger partial charge on any atom is -0.456 e. The molecule has 3 heteroatoms. The minimum atomic E-state index is 0.815. The molecule has 9 aromatic carbocycles. The quantitative estimate of drug-likeness (QED) is 0.173. The monoisotopic (exact) mass is 703 g/mol. The lowest BCUT2D eigenvalue weighted by Crippen LogP contribution is -2.10. The molecule has 0 aliphatic heterocycles. The van der Waals surface area contributed by atoms with Crippen LogP contribution >= 0.6 is 0 Å². The van der Waals surface area contributed by atoms with Crippen molar-refractivity contribution >= 4 is 71.7 Å². The van der Waals surface area contributed by atoms with Crippen molar-refractivity contribution in [3.05, 3.63) is 200 Å². The molecule has 258 valence electrons. The number of nitrogens with zero attached hydrogens (tertiary/aromatic N) is 1. The van der Waals surface area contributed by atoms with Gasteiger partial charge in [-0.15, -0.1) is 0 Å². The molecule has 0 spiro atoms. The van der Waals surface area contributed by atoms with Crippen LogP contribution in [0.25, 0.3) is 88.0 Å². The van der Waals surface area contributed by atoms with E-state index in [1.165, 1.54) is 33.0 Å². The maximum Gasteiger partial charge on any atom is 0.147 e. The van der Waals surface area contributed by atoms with Crippen molar-refractivity contribution in [1.29, 1.82) is 0 Å². The van der Waals surface area contributed by atoms with Gasteiger partial charge in [-0.1, -0.05) is 146 Å². The fourth-order valence-electron chi connectivity index (χ4n) is 8.35. The summed E-state index contributed by atoms with van der Waals surface area (Å²) < 4.78 is 13.1. The number of fused-ring (bicyclic) bond motifs is 8. The first-order chi connectivity index (χ1) is 27.3. The fourth-order valence-corrected chi connectivity index (χ4v) is 8.35. The standard InChI is InChI=1S/C52H33NO2/c1-3-13-34(14-4-1)35-25-27-38(28-26-35)53(46-31-29-40(36-15-5-2-6-16-36)42-19-7-8-20-43(42)46)39-18-11-17-37(33-39)41-22-12-24-48-50(41)51-49(54-48)32-30-45-44-21-9-10-23-47(44)55-52(45)51/h1-33H. The molecule has 0 unspecified atom stereocenters. The van der Waals surface area contributed by atoms with Gasteiger partial charge in [0, 0.05) is 32.9 Å². The molecule has 3 nitrogen and oxygen atoms in total. The molecule has 2 heterocycles. The summed E-state index contributed by atoms with van der Waals surface area (Å²) in [7, 11) is 0. The normalized spacial score (nSPS) is 11.6. The first-order valence-electron chi connectivity index (χ1n) is 18.7. The van der Waals surface area contributed by atoms with Gasteiger partial charge >= 0.3 is 0 Å². The minimum absolute atomic E-state index is 0.815. The predicted octanol–water partition coefficient (Wildman–Crippen LogP) is 15.1. The summed E-state index contributed by atoms with van der Waals surface area (Å²) in [5.74, 6) is 0. The molecule has 0 radical (unpaired) electrons. The van der Waals surface area contributed by atoms with E-state index < -0.39 is 0 Å². The van der Waals surface area contributed by atoms with Gasteiger partial charge in [0.2, 0.25) is 0 Å². The van der Waals surface area contributed by atoms with E-state index in [0.717, 1.165) is 72.1 Å². The highest BCUT2D eigenvalue weighted by molar-refractivity contribution is 6.25. The van der Waals surface area contributed by atoms with Gasteiger partial charge in [-0.2, -0.15) is 0 Å². The smallest absolute Gasteiger partial charge is 0.147 e. The Balaban J connectivity index is 1.13. The highest BCUT2D eigenvalue weighted by Crippen LogP contribution is 2.46. The first kappa shape index (κ1) is 31.2. The van der Waals surface area contributed by atoms with Crippen molar-refractivity contribution < 1.29 is 8.83 Å². The second-order valence-corrected chi connectivity index (χ2v) is 14.0. The number of para-hydroxylation sites is 1. The van der Waals surface area contributed by atoms with Crippen LogP contribution in [0, 0.1) is 0 Å². The zero-order chi connectivity index (χ0) is 36.3. The summed E-state index contributed by atoms with van der Waals surface area (Å²) in [6, 6.07) is 71.0. The van der Waals surface area contributed by atoms with Crippen LogP contribution in [-0.2, 0) is 0 Å². The lowest BCUT2D eigenvalue weighted by molar-refractivity contribution is 0.663.